The lowest BCUT2D eigenvalue weighted by Gasteiger charge is -2.39. The second kappa shape index (κ2) is 12.0. The van der Waals surface area contributed by atoms with Crippen molar-refractivity contribution >= 4 is 17.7 Å². The van der Waals surface area contributed by atoms with Crippen molar-refractivity contribution in [3.63, 3.8) is 0 Å². The van der Waals surface area contributed by atoms with E-state index < -0.39 is 5.97 Å². The predicted molar refractivity (Wildman–Crippen MR) is 154 cm³/mol. The normalized spacial score (nSPS) is 17.9. The van der Waals surface area contributed by atoms with Crippen LogP contribution in [0.1, 0.15) is 40.4 Å². The Kier molecular flexibility index (Phi) is 7.78. The number of nitrogens with zero attached hydrogens (tertiary/aromatic N) is 5. The molecule has 214 valence electrons. The first-order valence-electron chi connectivity index (χ1n) is 13.9. The highest BCUT2D eigenvalue weighted by atomic mass is 19.1. The standard InChI is InChI=1S/C32H30FN5O4/c33-25-8-10-26(11-9-25)37-21-29(23-4-2-1-3-5-23)38(32(37)41)27-14-16-36(17-15-27)20-22-18-34-31(35-19-22)42-28-12-6-24(7-13-28)30(39)40/h1-13,18-19,27,29H,14-17,20-21H2,(H,39,40). The molecule has 1 aromatic heterocycles. The number of urea groups is 1. The minimum absolute atomic E-state index is 0.0458. The summed E-state index contributed by atoms with van der Waals surface area (Å²) in [5.74, 6) is -0.867. The van der Waals surface area contributed by atoms with Gasteiger partial charge in [-0.1, -0.05) is 30.3 Å². The third kappa shape index (κ3) is 5.94. The molecule has 1 unspecified atom stereocenters. The SMILES string of the molecule is O=C(O)c1ccc(Oc2ncc(CN3CCC(N4C(=O)N(c5ccc(F)cc5)CC4c4ccccc4)CC3)cn2)cc1. The fraction of sp³-hybridized carbons (Fsp3) is 0.250. The molecular formula is C32H30FN5O4. The van der Waals surface area contributed by atoms with E-state index in [-0.39, 0.29) is 35.5 Å². The highest BCUT2D eigenvalue weighted by Gasteiger charge is 2.43. The molecule has 2 aliphatic rings. The Morgan fingerprint density at radius 3 is 2.24 bits per heavy atom. The first-order valence-corrected chi connectivity index (χ1v) is 13.9. The summed E-state index contributed by atoms with van der Waals surface area (Å²) in [5, 5.41) is 9.03. The quantitative estimate of drug-likeness (QED) is 0.289. The second-order valence-corrected chi connectivity index (χ2v) is 10.5. The number of benzene rings is 3. The molecule has 2 saturated heterocycles. The van der Waals surface area contributed by atoms with Crippen molar-refractivity contribution < 1.29 is 23.8 Å². The van der Waals surface area contributed by atoms with Crippen LogP contribution in [0.2, 0.25) is 0 Å². The minimum atomic E-state index is -0.999. The van der Waals surface area contributed by atoms with E-state index in [4.69, 9.17) is 9.84 Å². The highest BCUT2D eigenvalue weighted by Crippen LogP contribution is 2.37. The summed E-state index contributed by atoms with van der Waals surface area (Å²) in [5.41, 5.74) is 2.92. The number of carbonyl (C=O) groups is 2. The van der Waals surface area contributed by atoms with Crippen LogP contribution in [0.5, 0.6) is 11.8 Å². The summed E-state index contributed by atoms with van der Waals surface area (Å²) in [6, 6.07) is 22.4. The van der Waals surface area contributed by atoms with Crippen LogP contribution in [-0.2, 0) is 6.54 Å². The summed E-state index contributed by atoms with van der Waals surface area (Å²) in [6.07, 6.45) is 5.13. The predicted octanol–water partition coefficient (Wildman–Crippen LogP) is 5.75. The van der Waals surface area contributed by atoms with Gasteiger partial charge in [0.2, 0.25) is 0 Å². The maximum Gasteiger partial charge on any atom is 0.335 e. The average molecular weight is 568 g/mol. The van der Waals surface area contributed by atoms with Crippen LogP contribution in [0, 0.1) is 5.82 Å². The van der Waals surface area contributed by atoms with Crippen LogP contribution in [0.15, 0.2) is 91.3 Å². The molecule has 3 aromatic carbocycles. The summed E-state index contributed by atoms with van der Waals surface area (Å²) in [4.78, 5) is 39.5. The lowest BCUT2D eigenvalue weighted by Crippen LogP contribution is -2.47. The molecule has 2 aliphatic heterocycles. The van der Waals surface area contributed by atoms with Gasteiger partial charge in [0.1, 0.15) is 11.6 Å². The summed E-state index contributed by atoms with van der Waals surface area (Å²) in [7, 11) is 0. The van der Waals surface area contributed by atoms with E-state index in [1.807, 2.05) is 23.1 Å². The van der Waals surface area contributed by atoms with Crippen LogP contribution >= 0.6 is 0 Å². The first-order chi connectivity index (χ1) is 20.4. The van der Waals surface area contributed by atoms with Gasteiger partial charge >= 0.3 is 18.0 Å². The van der Waals surface area contributed by atoms with Gasteiger partial charge in [0.05, 0.1) is 18.2 Å². The number of rotatable bonds is 8. The van der Waals surface area contributed by atoms with Gasteiger partial charge in [-0.05, 0) is 66.9 Å². The smallest absolute Gasteiger partial charge is 0.335 e. The number of hydrogen-bond acceptors (Lipinski definition) is 6. The average Bonchev–Trinajstić information content (AvgIpc) is 3.36. The van der Waals surface area contributed by atoms with E-state index in [0.29, 0.717) is 24.5 Å². The number of carbonyl (C=O) groups excluding carboxylic acids is 1. The Balaban J connectivity index is 1.08. The molecule has 1 atom stereocenters. The number of likely N-dealkylation sites (tertiary alicyclic amines) is 1. The summed E-state index contributed by atoms with van der Waals surface area (Å²) < 4.78 is 19.2. The third-order valence-electron chi connectivity index (χ3n) is 7.81. The van der Waals surface area contributed by atoms with E-state index in [2.05, 4.69) is 27.0 Å². The van der Waals surface area contributed by atoms with Crippen molar-refractivity contribution in [3.05, 3.63) is 114 Å². The van der Waals surface area contributed by atoms with Gasteiger partial charge in [-0.3, -0.25) is 9.80 Å². The van der Waals surface area contributed by atoms with E-state index in [9.17, 15) is 14.0 Å². The van der Waals surface area contributed by atoms with Gasteiger partial charge in [0.15, 0.2) is 0 Å². The molecule has 1 N–H and O–H groups in total. The fourth-order valence-electron chi connectivity index (χ4n) is 5.66. The minimum Gasteiger partial charge on any atom is -0.478 e. The van der Waals surface area contributed by atoms with Gasteiger partial charge in [-0.25, -0.2) is 23.9 Å². The Hall–Kier alpha value is -4.83. The highest BCUT2D eigenvalue weighted by molar-refractivity contribution is 5.95. The Morgan fingerprint density at radius 1 is 0.929 bits per heavy atom. The molecule has 0 radical (unpaired) electrons. The number of piperidine rings is 1. The number of hydrogen-bond donors (Lipinski definition) is 1. The molecule has 0 saturated carbocycles. The summed E-state index contributed by atoms with van der Waals surface area (Å²) >= 11 is 0. The number of aromatic nitrogens is 2. The van der Waals surface area contributed by atoms with Gasteiger partial charge < -0.3 is 14.7 Å². The van der Waals surface area contributed by atoms with E-state index >= 15 is 0 Å². The van der Waals surface area contributed by atoms with Gasteiger partial charge in [-0.2, -0.15) is 0 Å². The second-order valence-electron chi connectivity index (χ2n) is 10.5. The maximum atomic E-state index is 13.7. The molecule has 3 heterocycles. The monoisotopic (exact) mass is 567 g/mol. The Morgan fingerprint density at radius 2 is 1.60 bits per heavy atom. The number of aromatic carboxylic acids is 1. The molecule has 2 amide bonds. The molecule has 4 aromatic rings. The molecule has 0 spiro atoms. The number of halogens is 1. The van der Waals surface area contributed by atoms with E-state index in [1.165, 1.54) is 24.3 Å². The van der Waals surface area contributed by atoms with Crippen molar-refractivity contribution in [2.75, 3.05) is 24.5 Å². The topological polar surface area (TPSA) is 99.1 Å². The third-order valence-corrected chi connectivity index (χ3v) is 7.81. The molecular weight excluding hydrogens is 537 g/mol. The van der Waals surface area contributed by atoms with Crippen molar-refractivity contribution in [1.29, 1.82) is 0 Å². The van der Waals surface area contributed by atoms with Gasteiger partial charge in [0.25, 0.3) is 0 Å². The fourth-order valence-corrected chi connectivity index (χ4v) is 5.66. The van der Waals surface area contributed by atoms with Crippen LogP contribution < -0.4 is 9.64 Å². The van der Waals surface area contributed by atoms with Crippen molar-refractivity contribution in [2.24, 2.45) is 0 Å². The number of carboxylic acids is 1. The lowest BCUT2D eigenvalue weighted by molar-refractivity contribution is 0.0696. The summed E-state index contributed by atoms with van der Waals surface area (Å²) in [6.45, 7) is 2.84. The number of amides is 2. The van der Waals surface area contributed by atoms with Gasteiger partial charge in [0, 0.05) is 49.3 Å². The zero-order valence-corrected chi connectivity index (χ0v) is 22.8. The van der Waals surface area contributed by atoms with Crippen LogP contribution in [-0.4, -0.2) is 62.6 Å². The zero-order valence-electron chi connectivity index (χ0n) is 22.8. The number of ether oxygens (including phenoxy) is 1. The first kappa shape index (κ1) is 27.3. The molecule has 9 nitrogen and oxygen atoms in total. The Labute approximate surface area is 242 Å². The Bertz CT molecular complexity index is 1530. The van der Waals surface area contributed by atoms with Crippen LogP contribution in [0.25, 0.3) is 0 Å². The van der Waals surface area contributed by atoms with Crippen molar-refractivity contribution in [2.45, 2.75) is 31.5 Å². The maximum absolute atomic E-state index is 13.7. The molecule has 0 aliphatic carbocycles. The van der Waals surface area contributed by atoms with Gasteiger partial charge in [-0.15, -0.1) is 0 Å². The number of anilines is 1. The zero-order chi connectivity index (χ0) is 29.1. The number of carboxylic acid groups (broad SMARTS) is 1. The van der Waals surface area contributed by atoms with Crippen molar-refractivity contribution in [1.82, 2.24) is 19.8 Å². The van der Waals surface area contributed by atoms with E-state index in [0.717, 1.165) is 37.1 Å². The molecule has 6 rings (SSSR count). The van der Waals surface area contributed by atoms with Crippen molar-refractivity contribution in [3.8, 4) is 11.8 Å². The molecule has 42 heavy (non-hydrogen) atoms. The molecule has 0 bridgehead atoms. The molecule has 2 fully saturated rings. The largest absolute Gasteiger partial charge is 0.478 e. The van der Waals surface area contributed by atoms with E-state index in [1.54, 1.807) is 41.6 Å². The van der Waals surface area contributed by atoms with Crippen LogP contribution in [0.3, 0.4) is 0 Å². The van der Waals surface area contributed by atoms with Crippen LogP contribution in [0.4, 0.5) is 14.9 Å². The lowest BCUT2D eigenvalue weighted by atomic mass is 9.99. The molecule has 10 heteroatoms.